The maximum Gasteiger partial charge on any atom is 0.409 e. The normalized spacial score (nSPS) is 23.1. The summed E-state index contributed by atoms with van der Waals surface area (Å²) in [6.45, 7) is 7.78. The van der Waals surface area contributed by atoms with Crippen LogP contribution >= 0.6 is 0 Å². The molecule has 1 atom stereocenters. The first-order chi connectivity index (χ1) is 11.6. The van der Waals surface area contributed by atoms with Gasteiger partial charge in [-0.25, -0.2) is 4.79 Å². The Kier molecular flexibility index (Phi) is 7.82. The van der Waals surface area contributed by atoms with E-state index in [1.54, 1.807) is 4.90 Å². The van der Waals surface area contributed by atoms with Crippen LogP contribution in [0.1, 0.15) is 58.8 Å². The fourth-order valence-electron chi connectivity index (χ4n) is 3.78. The largest absolute Gasteiger partial charge is 0.450 e. The number of carbonyl (C=O) groups excluding carboxylic acids is 2. The van der Waals surface area contributed by atoms with Gasteiger partial charge in [-0.2, -0.15) is 0 Å². The number of piperidine rings is 2. The van der Waals surface area contributed by atoms with Crippen molar-refractivity contribution in [1.82, 2.24) is 15.1 Å². The number of carbonyl (C=O) groups is 2. The van der Waals surface area contributed by atoms with E-state index in [4.69, 9.17) is 4.74 Å². The fourth-order valence-corrected chi connectivity index (χ4v) is 3.78. The third-order valence-electron chi connectivity index (χ3n) is 5.23. The summed E-state index contributed by atoms with van der Waals surface area (Å²) in [6.07, 6.45) is 6.98. The highest BCUT2D eigenvalue weighted by Gasteiger charge is 2.25. The number of hydrogen-bond donors (Lipinski definition) is 1. The molecule has 24 heavy (non-hydrogen) atoms. The van der Waals surface area contributed by atoms with Crippen molar-refractivity contribution in [2.75, 3.05) is 32.8 Å². The van der Waals surface area contributed by atoms with Crippen LogP contribution < -0.4 is 5.32 Å². The minimum atomic E-state index is -0.238. The van der Waals surface area contributed by atoms with Gasteiger partial charge < -0.3 is 15.0 Å². The lowest BCUT2D eigenvalue weighted by Crippen LogP contribution is -2.47. The summed E-state index contributed by atoms with van der Waals surface area (Å²) in [4.78, 5) is 28.1. The van der Waals surface area contributed by atoms with E-state index in [-0.39, 0.29) is 18.0 Å². The minimum absolute atomic E-state index is 0.144. The minimum Gasteiger partial charge on any atom is -0.450 e. The van der Waals surface area contributed by atoms with E-state index in [2.05, 4.69) is 17.1 Å². The lowest BCUT2D eigenvalue weighted by atomic mass is 10.00. The van der Waals surface area contributed by atoms with Gasteiger partial charge in [0.15, 0.2) is 0 Å². The molecular formula is C18H33N3O3. The first-order valence-corrected chi connectivity index (χ1v) is 9.59. The van der Waals surface area contributed by atoms with Gasteiger partial charge >= 0.3 is 6.09 Å². The lowest BCUT2D eigenvalue weighted by molar-refractivity contribution is -0.122. The first-order valence-electron chi connectivity index (χ1n) is 9.59. The van der Waals surface area contributed by atoms with Crippen molar-refractivity contribution in [3.05, 3.63) is 0 Å². The van der Waals surface area contributed by atoms with Gasteiger partial charge in [0.2, 0.25) is 5.91 Å². The highest BCUT2D eigenvalue weighted by Crippen LogP contribution is 2.19. The second kappa shape index (κ2) is 9.87. The van der Waals surface area contributed by atoms with Crippen LogP contribution in [0.5, 0.6) is 0 Å². The number of rotatable bonds is 6. The molecule has 6 heteroatoms. The third-order valence-corrected chi connectivity index (χ3v) is 5.23. The molecule has 0 aromatic rings. The Morgan fingerprint density at radius 1 is 1.08 bits per heavy atom. The second-order valence-electron chi connectivity index (χ2n) is 6.87. The van der Waals surface area contributed by atoms with E-state index in [0.29, 0.717) is 32.2 Å². The molecule has 0 spiro atoms. The van der Waals surface area contributed by atoms with Crippen LogP contribution in [0.15, 0.2) is 0 Å². The maximum atomic E-state index is 12.2. The number of nitrogens with zero attached hydrogens (tertiary/aromatic N) is 2. The van der Waals surface area contributed by atoms with E-state index >= 15 is 0 Å². The van der Waals surface area contributed by atoms with E-state index < -0.39 is 0 Å². The van der Waals surface area contributed by atoms with Crippen molar-refractivity contribution in [2.45, 2.75) is 70.9 Å². The van der Waals surface area contributed by atoms with Gasteiger partial charge in [-0.15, -0.1) is 0 Å². The second-order valence-corrected chi connectivity index (χ2v) is 6.87. The third kappa shape index (κ3) is 5.65. The molecule has 2 fully saturated rings. The van der Waals surface area contributed by atoms with Crippen LogP contribution in [0.3, 0.4) is 0 Å². The zero-order valence-corrected chi connectivity index (χ0v) is 15.3. The van der Waals surface area contributed by atoms with Gasteiger partial charge in [0.05, 0.1) is 6.61 Å². The van der Waals surface area contributed by atoms with Crippen LogP contribution in [0.4, 0.5) is 4.79 Å². The van der Waals surface area contributed by atoms with E-state index in [1.807, 2.05) is 6.92 Å². The monoisotopic (exact) mass is 339 g/mol. The van der Waals surface area contributed by atoms with E-state index in [9.17, 15) is 9.59 Å². The molecule has 0 radical (unpaired) electrons. The highest BCUT2D eigenvalue weighted by molar-refractivity contribution is 5.76. The Labute approximate surface area is 145 Å². The Bertz CT molecular complexity index is 408. The van der Waals surface area contributed by atoms with Crippen molar-refractivity contribution in [2.24, 2.45) is 0 Å². The molecule has 0 bridgehead atoms. The van der Waals surface area contributed by atoms with E-state index in [1.165, 1.54) is 25.7 Å². The number of ether oxygens (including phenoxy) is 1. The van der Waals surface area contributed by atoms with Gasteiger partial charge in [-0.05, 0) is 45.6 Å². The van der Waals surface area contributed by atoms with Crippen LogP contribution in [-0.4, -0.2) is 66.7 Å². The molecule has 2 heterocycles. The Balaban J connectivity index is 1.65. The predicted molar refractivity (Wildman–Crippen MR) is 93.9 cm³/mol. The molecule has 0 saturated carbocycles. The maximum absolute atomic E-state index is 12.2. The summed E-state index contributed by atoms with van der Waals surface area (Å²) in [5.74, 6) is 0.144. The number of likely N-dealkylation sites (tertiary alicyclic amines) is 2. The quantitative estimate of drug-likeness (QED) is 0.807. The molecule has 0 aromatic carbocycles. The molecule has 2 saturated heterocycles. The van der Waals surface area contributed by atoms with Crippen molar-refractivity contribution in [1.29, 1.82) is 0 Å². The van der Waals surface area contributed by atoms with Gasteiger partial charge in [-0.1, -0.05) is 13.3 Å². The molecular weight excluding hydrogens is 306 g/mol. The summed E-state index contributed by atoms with van der Waals surface area (Å²) in [5, 5.41) is 3.14. The molecule has 2 aliphatic heterocycles. The van der Waals surface area contributed by atoms with E-state index in [0.717, 1.165) is 25.9 Å². The Morgan fingerprint density at radius 2 is 1.83 bits per heavy atom. The number of amides is 2. The SMILES string of the molecule is CCOC(=O)N1CCC(NC(=O)CCN2CCCCC2CC)CC1. The summed E-state index contributed by atoms with van der Waals surface area (Å²) < 4.78 is 5.02. The van der Waals surface area contributed by atoms with Crippen molar-refractivity contribution < 1.29 is 14.3 Å². The summed E-state index contributed by atoms with van der Waals surface area (Å²) in [5.41, 5.74) is 0. The van der Waals surface area contributed by atoms with Crippen molar-refractivity contribution >= 4 is 12.0 Å². The van der Waals surface area contributed by atoms with Crippen LogP contribution in [0.2, 0.25) is 0 Å². The highest BCUT2D eigenvalue weighted by atomic mass is 16.6. The standard InChI is InChI=1S/C18H33N3O3/c1-3-16-7-5-6-11-20(16)14-10-17(22)19-15-8-12-21(13-9-15)18(23)24-4-2/h15-16H,3-14H2,1-2H3,(H,19,22). The van der Waals surface area contributed by atoms with Crippen LogP contribution in [0, 0.1) is 0 Å². The topological polar surface area (TPSA) is 61.9 Å². The molecule has 2 aliphatic rings. The predicted octanol–water partition coefficient (Wildman–Crippen LogP) is 2.38. The molecule has 1 unspecified atom stereocenters. The smallest absolute Gasteiger partial charge is 0.409 e. The van der Waals surface area contributed by atoms with Crippen molar-refractivity contribution in [3.63, 3.8) is 0 Å². The van der Waals surface area contributed by atoms with Crippen LogP contribution in [-0.2, 0) is 9.53 Å². The number of hydrogen-bond acceptors (Lipinski definition) is 4. The fraction of sp³-hybridized carbons (Fsp3) is 0.889. The molecule has 0 aromatic heterocycles. The first kappa shape index (κ1) is 19.0. The molecule has 6 nitrogen and oxygen atoms in total. The lowest BCUT2D eigenvalue weighted by Gasteiger charge is -2.35. The Morgan fingerprint density at radius 3 is 2.50 bits per heavy atom. The Hall–Kier alpha value is -1.30. The molecule has 2 amide bonds. The van der Waals surface area contributed by atoms with Gasteiger partial charge in [0, 0.05) is 38.1 Å². The average Bonchev–Trinajstić information content (AvgIpc) is 2.61. The van der Waals surface area contributed by atoms with Crippen molar-refractivity contribution in [3.8, 4) is 0 Å². The molecule has 0 aliphatic carbocycles. The zero-order valence-electron chi connectivity index (χ0n) is 15.3. The summed E-state index contributed by atoms with van der Waals surface area (Å²) >= 11 is 0. The van der Waals surface area contributed by atoms with Gasteiger partial charge in [0.1, 0.15) is 0 Å². The average molecular weight is 339 g/mol. The molecule has 138 valence electrons. The molecule has 2 rings (SSSR count). The van der Waals surface area contributed by atoms with Gasteiger partial charge in [-0.3, -0.25) is 9.69 Å². The summed E-state index contributed by atoms with van der Waals surface area (Å²) in [7, 11) is 0. The summed E-state index contributed by atoms with van der Waals surface area (Å²) in [6, 6.07) is 0.839. The van der Waals surface area contributed by atoms with Gasteiger partial charge in [0.25, 0.3) is 0 Å². The van der Waals surface area contributed by atoms with Crippen LogP contribution in [0.25, 0.3) is 0 Å². The zero-order chi connectivity index (χ0) is 17.4. The number of nitrogens with one attached hydrogen (secondary N) is 1. The molecule has 1 N–H and O–H groups in total.